The number of aromatic nitrogens is 2. The molecule has 0 saturated carbocycles. The molecule has 2 aromatic rings. The third-order valence-electron chi connectivity index (χ3n) is 3.33. The van der Waals surface area contributed by atoms with Gasteiger partial charge in [-0.25, -0.2) is 4.68 Å². The minimum atomic E-state index is -4.44. The van der Waals surface area contributed by atoms with E-state index >= 15 is 0 Å². The molecule has 0 unspecified atom stereocenters. The Morgan fingerprint density at radius 1 is 1.43 bits per heavy atom. The van der Waals surface area contributed by atoms with E-state index in [4.69, 9.17) is 10.5 Å². The van der Waals surface area contributed by atoms with Gasteiger partial charge in [0.1, 0.15) is 23.8 Å². The highest BCUT2D eigenvalue weighted by Crippen LogP contribution is 2.25. The fraction of sp³-hybridized carbons (Fsp3) is 0.235. The molecule has 1 amide bonds. The number of benzene rings is 1. The van der Waals surface area contributed by atoms with Gasteiger partial charge in [0.15, 0.2) is 0 Å². The van der Waals surface area contributed by atoms with Crippen LogP contribution in [0.1, 0.15) is 16.1 Å². The molecular formula is C17H17F3N6O2. The van der Waals surface area contributed by atoms with E-state index in [9.17, 15) is 18.0 Å². The molecule has 8 nitrogen and oxygen atoms in total. The topological polar surface area (TPSA) is 107 Å². The highest BCUT2D eigenvalue weighted by atomic mass is 19.4. The number of alkyl halides is 3. The lowest BCUT2D eigenvalue weighted by atomic mass is 10.2. The Kier molecular flexibility index (Phi) is 6.49. The Hall–Kier alpha value is -3.68. The maximum Gasteiger partial charge on any atom is 0.408 e. The van der Waals surface area contributed by atoms with E-state index in [-0.39, 0.29) is 17.4 Å². The third-order valence-corrected chi connectivity index (χ3v) is 3.33. The van der Waals surface area contributed by atoms with Gasteiger partial charge >= 0.3 is 6.18 Å². The largest absolute Gasteiger partial charge is 0.494 e. The molecule has 0 aliphatic rings. The molecule has 0 bridgehead atoms. The smallest absolute Gasteiger partial charge is 0.408 e. The summed E-state index contributed by atoms with van der Waals surface area (Å²) in [6, 6.07) is 5.93. The molecule has 0 aliphatic carbocycles. The molecule has 0 saturated heterocycles. The Morgan fingerprint density at radius 3 is 2.82 bits per heavy atom. The lowest BCUT2D eigenvalue weighted by Gasteiger charge is -2.09. The molecule has 1 aromatic heterocycles. The van der Waals surface area contributed by atoms with E-state index in [2.05, 4.69) is 32.8 Å². The molecule has 1 aromatic carbocycles. The van der Waals surface area contributed by atoms with Crippen LogP contribution in [0.5, 0.6) is 5.75 Å². The van der Waals surface area contributed by atoms with Gasteiger partial charge < -0.3 is 15.8 Å². The summed E-state index contributed by atoms with van der Waals surface area (Å²) in [5.74, 6) is 5.04. The number of rotatable bonds is 5. The highest BCUT2D eigenvalue weighted by molar-refractivity contribution is 5.95. The first-order chi connectivity index (χ1) is 13.2. The summed E-state index contributed by atoms with van der Waals surface area (Å²) in [4.78, 5) is 11.6. The second kappa shape index (κ2) is 8.81. The minimum Gasteiger partial charge on any atom is -0.494 e. The number of hydrazone groups is 1. The first kappa shape index (κ1) is 20.6. The number of halogens is 3. The van der Waals surface area contributed by atoms with Crippen LogP contribution < -0.4 is 21.2 Å². The van der Waals surface area contributed by atoms with Crippen molar-refractivity contribution in [3.8, 4) is 17.6 Å². The van der Waals surface area contributed by atoms with Crippen molar-refractivity contribution in [3.63, 3.8) is 0 Å². The first-order valence-electron chi connectivity index (χ1n) is 7.82. The zero-order valence-electron chi connectivity index (χ0n) is 15.0. The average molecular weight is 394 g/mol. The van der Waals surface area contributed by atoms with Crippen molar-refractivity contribution in [2.45, 2.75) is 12.7 Å². The van der Waals surface area contributed by atoms with Crippen molar-refractivity contribution in [1.29, 1.82) is 0 Å². The summed E-state index contributed by atoms with van der Waals surface area (Å²) in [6.07, 6.45) is -3.28. The molecule has 0 radical (unpaired) electrons. The summed E-state index contributed by atoms with van der Waals surface area (Å²) in [5.41, 5.74) is 8.99. The predicted molar refractivity (Wildman–Crippen MR) is 98.1 cm³/mol. The van der Waals surface area contributed by atoms with Crippen LogP contribution >= 0.6 is 0 Å². The van der Waals surface area contributed by atoms with Crippen LogP contribution in [0.4, 0.5) is 24.7 Å². The highest BCUT2D eigenvalue weighted by Gasteiger charge is 2.29. The number of ether oxygens (including phenoxy) is 1. The van der Waals surface area contributed by atoms with Gasteiger partial charge in [0.2, 0.25) is 0 Å². The molecule has 1 heterocycles. The number of carbonyl (C=O) groups is 1. The summed E-state index contributed by atoms with van der Waals surface area (Å²) in [6.45, 7) is -1.29. The summed E-state index contributed by atoms with van der Waals surface area (Å²) in [7, 11) is 2.95. The maximum atomic E-state index is 12.5. The zero-order chi connectivity index (χ0) is 20.7. The van der Waals surface area contributed by atoms with E-state index in [0.717, 1.165) is 6.21 Å². The van der Waals surface area contributed by atoms with Crippen molar-refractivity contribution in [3.05, 3.63) is 35.5 Å². The summed E-state index contributed by atoms with van der Waals surface area (Å²) < 4.78 is 43.4. The lowest BCUT2D eigenvalue weighted by molar-refractivity contribution is -0.142. The van der Waals surface area contributed by atoms with Gasteiger partial charge in [-0.3, -0.25) is 10.2 Å². The lowest BCUT2D eigenvalue weighted by Crippen LogP contribution is -2.19. The van der Waals surface area contributed by atoms with Crippen molar-refractivity contribution in [1.82, 2.24) is 15.1 Å². The van der Waals surface area contributed by atoms with Gasteiger partial charge in [-0.2, -0.15) is 23.4 Å². The van der Waals surface area contributed by atoms with Gasteiger partial charge in [0.05, 0.1) is 19.0 Å². The van der Waals surface area contributed by atoms with Crippen LogP contribution in [0, 0.1) is 11.8 Å². The molecule has 0 spiro atoms. The fourth-order valence-electron chi connectivity index (χ4n) is 2.14. The van der Waals surface area contributed by atoms with Crippen LogP contribution in [-0.2, 0) is 6.54 Å². The van der Waals surface area contributed by atoms with Crippen molar-refractivity contribution in [2.24, 2.45) is 5.10 Å². The van der Waals surface area contributed by atoms with E-state index < -0.39 is 12.7 Å². The number of hydrogen-bond acceptors (Lipinski definition) is 6. The normalized spacial score (nSPS) is 11.0. The molecule has 4 N–H and O–H groups in total. The average Bonchev–Trinajstić information content (AvgIpc) is 2.98. The Labute approximate surface area is 158 Å². The molecule has 2 rings (SSSR count). The SMILES string of the molecule is CNC(=O)c1ccc(N/N=C/C#Cc2cc(N)nn2CC(F)(F)F)c(OC)c1. The standard InChI is InChI=1S/C17H17F3N6O2/c1-22-16(27)11-5-6-13(14(8-11)28-2)24-23-7-3-4-12-9-15(21)25-26(12)10-17(18,19)20/h5-9,24H,10H2,1-2H3,(H2,21,25)(H,22,27)/b23-7+. The third kappa shape index (κ3) is 5.66. The van der Waals surface area contributed by atoms with Gasteiger partial charge in [-0.1, -0.05) is 0 Å². The van der Waals surface area contributed by atoms with E-state index in [1.165, 1.54) is 26.3 Å². The molecule has 0 aliphatic heterocycles. The summed E-state index contributed by atoms with van der Waals surface area (Å²) >= 11 is 0. The second-order valence-corrected chi connectivity index (χ2v) is 5.36. The van der Waals surface area contributed by atoms with Crippen molar-refractivity contribution >= 4 is 23.6 Å². The van der Waals surface area contributed by atoms with Crippen LogP contribution in [-0.4, -0.2) is 42.2 Å². The van der Waals surface area contributed by atoms with Gasteiger partial charge in [0.25, 0.3) is 5.91 Å². The minimum absolute atomic E-state index is 0.00814. The van der Waals surface area contributed by atoms with Crippen LogP contribution in [0.25, 0.3) is 0 Å². The number of hydrogen-bond donors (Lipinski definition) is 3. The van der Waals surface area contributed by atoms with Crippen LogP contribution in [0.3, 0.4) is 0 Å². The first-order valence-corrected chi connectivity index (χ1v) is 7.82. The van der Waals surface area contributed by atoms with E-state index in [1.54, 1.807) is 12.1 Å². The Morgan fingerprint density at radius 2 is 2.18 bits per heavy atom. The quantitative estimate of drug-likeness (QED) is 0.408. The summed E-state index contributed by atoms with van der Waals surface area (Å²) in [5, 5.41) is 9.91. The second-order valence-electron chi connectivity index (χ2n) is 5.36. The number of nitrogens with zero attached hydrogens (tertiary/aromatic N) is 3. The van der Waals surface area contributed by atoms with Crippen molar-refractivity contribution in [2.75, 3.05) is 25.3 Å². The van der Waals surface area contributed by atoms with Gasteiger partial charge in [-0.05, 0) is 30.0 Å². The van der Waals surface area contributed by atoms with Crippen LogP contribution in [0.2, 0.25) is 0 Å². The number of anilines is 2. The Balaban J connectivity index is 2.09. The number of nitrogens with one attached hydrogen (secondary N) is 2. The van der Waals surface area contributed by atoms with Gasteiger partial charge in [0, 0.05) is 18.7 Å². The number of methoxy groups -OCH3 is 1. The molecule has 28 heavy (non-hydrogen) atoms. The zero-order valence-corrected chi connectivity index (χ0v) is 15.0. The molecule has 148 valence electrons. The van der Waals surface area contributed by atoms with Gasteiger partial charge in [-0.15, -0.1) is 0 Å². The number of carbonyl (C=O) groups excluding carboxylic acids is 1. The Bertz CT molecular complexity index is 941. The van der Waals surface area contributed by atoms with E-state index in [1.807, 2.05) is 0 Å². The maximum absolute atomic E-state index is 12.5. The van der Waals surface area contributed by atoms with Crippen LogP contribution in [0.15, 0.2) is 29.4 Å². The molecule has 0 atom stereocenters. The molecular weight excluding hydrogens is 377 g/mol. The molecule has 0 fully saturated rings. The number of nitrogens with two attached hydrogens (primary N) is 1. The number of nitrogen functional groups attached to an aromatic ring is 1. The monoisotopic (exact) mass is 394 g/mol. The van der Waals surface area contributed by atoms with Crippen molar-refractivity contribution < 1.29 is 22.7 Å². The fourth-order valence-corrected chi connectivity index (χ4v) is 2.14. The number of amides is 1. The van der Waals surface area contributed by atoms with E-state index in [0.29, 0.717) is 21.7 Å². The molecule has 11 heteroatoms. The predicted octanol–water partition coefficient (Wildman–Crippen LogP) is 1.85.